The third kappa shape index (κ3) is 1.93. The zero-order valence-electron chi connectivity index (χ0n) is 11.8. The number of furan rings is 1. The topological polar surface area (TPSA) is 66.0 Å². The molecule has 0 aliphatic carbocycles. The second kappa shape index (κ2) is 5.00. The number of hydrogen-bond acceptors (Lipinski definition) is 5. The van der Waals surface area contributed by atoms with Gasteiger partial charge in [0.25, 0.3) is 0 Å². The minimum absolute atomic E-state index is 0.674. The Kier molecular flexibility index (Phi) is 2.86. The normalized spacial score (nSPS) is 11.0. The maximum atomic E-state index is 5.42. The molecule has 108 valence electrons. The summed E-state index contributed by atoms with van der Waals surface area (Å²) in [6.45, 7) is 0. The SMILES string of the molecule is COc1ccc(-n2cnc3c(-c4ccco4)ncnc32)cc1. The van der Waals surface area contributed by atoms with Gasteiger partial charge in [0.2, 0.25) is 0 Å². The molecule has 6 heteroatoms. The van der Waals surface area contributed by atoms with Gasteiger partial charge in [0.05, 0.1) is 13.4 Å². The molecule has 0 bridgehead atoms. The smallest absolute Gasteiger partial charge is 0.168 e. The van der Waals surface area contributed by atoms with Crippen LogP contribution in [0.4, 0.5) is 0 Å². The van der Waals surface area contributed by atoms with Crippen molar-refractivity contribution < 1.29 is 9.15 Å². The number of imidazole rings is 1. The van der Waals surface area contributed by atoms with Crippen molar-refractivity contribution in [2.45, 2.75) is 0 Å². The second-order valence-electron chi connectivity index (χ2n) is 4.68. The van der Waals surface area contributed by atoms with Crippen molar-refractivity contribution in [3.8, 4) is 22.9 Å². The largest absolute Gasteiger partial charge is 0.497 e. The molecule has 3 heterocycles. The first kappa shape index (κ1) is 12.6. The molecule has 0 aliphatic rings. The van der Waals surface area contributed by atoms with E-state index in [1.54, 1.807) is 19.7 Å². The van der Waals surface area contributed by atoms with Crippen molar-refractivity contribution in [3.63, 3.8) is 0 Å². The lowest BCUT2D eigenvalue weighted by atomic mass is 10.2. The molecule has 0 aliphatic heterocycles. The summed E-state index contributed by atoms with van der Waals surface area (Å²) in [6.07, 6.45) is 4.86. The summed E-state index contributed by atoms with van der Waals surface area (Å²) in [4.78, 5) is 13.1. The van der Waals surface area contributed by atoms with Crippen LogP contribution in [0.25, 0.3) is 28.3 Å². The first-order valence-corrected chi connectivity index (χ1v) is 6.73. The van der Waals surface area contributed by atoms with E-state index in [1.165, 1.54) is 6.33 Å². The van der Waals surface area contributed by atoms with Gasteiger partial charge < -0.3 is 9.15 Å². The minimum Gasteiger partial charge on any atom is -0.497 e. The molecule has 4 rings (SSSR count). The van der Waals surface area contributed by atoms with Gasteiger partial charge in [-0.1, -0.05) is 0 Å². The molecule has 22 heavy (non-hydrogen) atoms. The summed E-state index contributed by atoms with van der Waals surface area (Å²) in [5, 5.41) is 0. The van der Waals surface area contributed by atoms with E-state index in [0.717, 1.165) is 17.1 Å². The molecule has 1 aromatic carbocycles. The second-order valence-corrected chi connectivity index (χ2v) is 4.68. The van der Waals surface area contributed by atoms with E-state index in [4.69, 9.17) is 9.15 Å². The Bertz CT molecular complexity index is 911. The van der Waals surface area contributed by atoms with Crippen molar-refractivity contribution in [1.29, 1.82) is 0 Å². The van der Waals surface area contributed by atoms with Crippen molar-refractivity contribution in [3.05, 3.63) is 55.3 Å². The number of hydrogen-bond donors (Lipinski definition) is 0. The predicted octanol–water partition coefficient (Wildman–Crippen LogP) is 3.08. The third-order valence-electron chi connectivity index (χ3n) is 3.44. The highest BCUT2D eigenvalue weighted by atomic mass is 16.5. The highest BCUT2D eigenvalue weighted by Crippen LogP contribution is 2.26. The van der Waals surface area contributed by atoms with Gasteiger partial charge in [-0.2, -0.15) is 0 Å². The maximum Gasteiger partial charge on any atom is 0.168 e. The first-order chi connectivity index (χ1) is 10.9. The molecule has 0 saturated carbocycles. The molecule has 4 aromatic rings. The molecular formula is C16H12N4O2. The fraction of sp³-hybridized carbons (Fsp3) is 0.0625. The zero-order chi connectivity index (χ0) is 14.9. The van der Waals surface area contributed by atoms with E-state index in [0.29, 0.717) is 17.0 Å². The van der Waals surface area contributed by atoms with Gasteiger partial charge >= 0.3 is 0 Å². The number of aromatic nitrogens is 4. The van der Waals surface area contributed by atoms with Crippen LogP contribution in [0.1, 0.15) is 0 Å². The fourth-order valence-electron chi connectivity index (χ4n) is 2.36. The van der Waals surface area contributed by atoms with Crippen LogP contribution in [0.3, 0.4) is 0 Å². The van der Waals surface area contributed by atoms with Crippen LogP contribution in [0.2, 0.25) is 0 Å². The summed E-state index contributed by atoms with van der Waals surface area (Å²) in [5.41, 5.74) is 3.06. The number of ether oxygens (including phenoxy) is 1. The van der Waals surface area contributed by atoms with Crippen molar-refractivity contribution in [1.82, 2.24) is 19.5 Å². The number of benzene rings is 1. The van der Waals surface area contributed by atoms with E-state index in [2.05, 4.69) is 15.0 Å². The van der Waals surface area contributed by atoms with E-state index in [-0.39, 0.29) is 0 Å². The fourth-order valence-corrected chi connectivity index (χ4v) is 2.36. The molecule has 3 aromatic heterocycles. The predicted molar refractivity (Wildman–Crippen MR) is 80.9 cm³/mol. The Morgan fingerprint density at radius 1 is 1.05 bits per heavy atom. The highest BCUT2D eigenvalue weighted by molar-refractivity contribution is 5.86. The van der Waals surface area contributed by atoms with E-state index in [1.807, 2.05) is 41.0 Å². The molecule has 0 unspecified atom stereocenters. The lowest BCUT2D eigenvalue weighted by Gasteiger charge is -2.05. The van der Waals surface area contributed by atoms with Crippen molar-refractivity contribution in [2.75, 3.05) is 7.11 Å². The molecule has 0 fully saturated rings. The molecule has 0 amide bonds. The molecule has 6 nitrogen and oxygen atoms in total. The van der Waals surface area contributed by atoms with E-state index < -0.39 is 0 Å². The number of fused-ring (bicyclic) bond motifs is 1. The van der Waals surface area contributed by atoms with Crippen LogP contribution in [0.5, 0.6) is 5.75 Å². The van der Waals surface area contributed by atoms with Crippen molar-refractivity contribution >= 4 is 11.2 Å². The van der Waals surface area contributed by atoms with Crippen LogP contribution < -0.4 is 4.74 Å². The van der Waals surface area contributed by atoms with Crippen LogP contribution in [0, 0.1) is 0 Å². The number of nitrogens with zero attached hydrogens (tertiary/aromatic N) is 4. The summed E-state index contributed by atoms with van der Waals surface area (Å²) in [5.74, 6) is 1.48. The average Bonchev–Trinajstić information content (AvgIpc) is 3.24. The Morgan fingerprint density at radius 2 is 1.91 bits per heavy atom. The number of methoxy groups -OCH3 is 1. The molecule has 0 N–H and O–H groups in total. The van der Waals surface area contributed by atoms with Gasteiger partial charge in [-0.15, -0.1) is 0 Å². The highest BCUT2D eigenvalue weighted by Gasteiger charge is 2.14. The Balaban J connectivity index is 1.88. The average molecular weight is 292 g/mol. The van der Waals surface area contributed by atoms with Gasteiger partial charge in [0, 0.05) is 5.69 Å². The van der Waals surface area contributed by atoms with Gasteiger partial charge in [-0.05, 0) is 36.4 Å². The quantitative estimate of drug-likeness (QED) is 0.580. The van der Waals surface area contributed by atoms with Gasteiger partial charge in [0.15, 0.2) is 11.4 Å². The Morgan fingerprint density at radius 3 is 2.64 bits per heavy atom. The summed E-state index contributed by atoms with van der Waals surface area (Å²) in [7, 11) is 1.64. The van der Waals surface area contributed by atoms with Gasteiger partial charge in [-0.3, -0.25) is 4.57 Å². The molecular weight excluding hydrogens is 280 g/mol. The number of rotatable bonds is 3. The third-order valence-corrected chi connectivity index (χ3v) is 3.44. The van der Waals surface area contributed by atoms with E-state index in [9.17, 15) is 0 Å². The molecule has 0 saturated heterocycles. The summed E-state index contributed by atoms with van der Waals surface area (Å²) >= 11 is 0. The first-order valence-electron chi connectivity index (χ1n) is 6.73. The molecule has 0 spiro atoms. The lowest BCUT2D eigenvalue weighted by molar-refractivity contribution is 0.415. The molecule has 0 radical (unpaired) electrons. The summed E-state index contributed by atoms with van der Waals surface area (Å²) in [6, 6.07) is 11.4. The van der Waals surface area contributed by atoms with Gasteiger partial charge in [0.1, 0.15) is 29.6 Å². The Hall–Kier alpha value is -3.15. The van der Waals surface area contributed by atoms with Crippen LogP contribution >= 0.6 is 0 Å². The summed E-state index contributed by atoms with van der Waals surface area (Å²) < 4.78 is 12.5. The zero-order valence-corrected chi connectivity index (χ0v) is 11.8. The van der Waals surface area contributed by atoms with Gasteiger partial charge in [-0.25, -0.2) is 15.0 Å². The molecule has 0 atom stereocenters. The van der Waals surface area contributed by atoms with Crippen LogP contribution in [-0.4, -0.2) is 26.6 Å². The van der Waals surface area contributed by atoms with Crippen LogP contribution in [0.15, 0.2) is 59.7 Å². The maximum absolute atomic E-state index is 5.42. The van der Waals surface area contributed by atoms with Crippen molar-refractivity contribution in [2.24, 2.45) is 0 Å². The minimum atomic E-state index is 0.674. The monoisotopic (exact) mass is 292 g/mol. The van der Waals surface area contributed by atoms with E-state index >= 15 is 0 Å². The van der Waals surface area contributed by atoms with Crippen LogP contribution in [-0.2, 0) is 0 Å². The Labute approximate surface area is 126 Å². The standard InChI is InChI=1S/C16H12N4O2/c1-21-12-6-4-11(5-7-12)20-10-19-15-14(13-3-2-8-22-13)17-9-18-16(15)20/h2-10H,1H3. The lowest BCUT2D eigenvalue weighted by Crippen LogP contribution is -1.95.